The van der Waals surface area contributed by atoms with Crippen LogP contribution in [0.1, 0.15) is 18.7 Å². The SMILES string of the molecule is COC(=O)[C@H](Cc1cnc[nH]1)NC(=O)C(C)n1cccn1. The van der Waals surface area contributed by atoms with E-state index >= 15 is 0 Å². The van der Waals surface area contributed by atoms with E-state index in [4.69, 9.17) is 4.74 Å². The predicted octanol–water partition coefficient (Wildman–Crippen LogP) is 0.0677. The molecule has 2 heterocycles. The maximum atomic E-state index is 12.2. The van der Waals surface area contributed by atoms with Crippen molar-refractivity contribution in [2.45, 2.75) is 25.4 Å². The molecule has 21 heavy (non-hydrogen) atoms. The Kier molecular flexibility index (Phi) is 4.70. The molecule has 1 amide bonds. The van der Waals surface area contributed by atoms with Gasteiger partial charge >= 0.3 is 5.97 Å². The molecule has 0 aliphatic rings. The zero-order chi connectivity index (χ0) is 15.2. The Hall–Kier alpha value is -2.64. The highest BCUT2D eigenvalue weighted by molar-refractivity contribution is 5.86. The molecule has 2 rings (SSSR count). The molecule has 0 fully saturated rings. The van der Waals surface area contributed by atoms with Gasteiger partial charge in [0, 0.05) is 30.7 Å². The van der Waals surface area contributed by atoms with Gasteiger partial charge < -0.3 is 15.0 Å². The summed E-state index contributed by atoms with van der Waals surface area (Å²) >= 11 is 0. The fourth-order valence-corrected chi connectivity index (χ4v) is 1.87. The molecule has 2 N–H and O–H groups in total. The lowest BCUT2D eigenvalue weighted by molar-refractivity contribution is -0.145. The van der Waals surface area contributed by atoms with Gasteiger partial charge in [-0.2, -0.15) is 5.10 Å². The van der Waals surface area contributed by atoms with Crippen LogP contribution in [0.15, 0.2) is 31.0 Å². The number of nitrogens with zero attached hydrogens (tertiary/aromatic N) is 3. The van der Waals surface area contributed by atoms with E-state index in [0.717, 1.165) is 5.69 Å². The molecule has 0 aliphatic heterocycles. The van der Waals surface area contributed by atoms with Crippen LogP contribution in [-0.4, -0.2) is 44.8 Å². The van der Waals surface area contributed by atoms with E-state index in [0.29, 0.717) is 0 Å². The fourth-order valence-electron chi connectivity index (χ4n) is 1.87. The minimum atomic E-state index is -0.777. The molecule has 0 saturated carbocycles. The maximum absolute atomic E-state index is 12.2. The summed E-state index contributed by atoms with van der Waals surface area (Å²) in [6.45, 7) is 1.70. The van der Waals surface area contributed by atoms with Gasteiger partial charge in [-0.05, 0) is 13.0 Å². The second-order valence-corrected chi connectivity index (χ2v) is 4.53. The minimum absolute atomic E-state index is 0.282. The molecular formula is C13H17N5O3. The van der Waals surface area contributed by atoms with Crippen molar-refractivity contribution in [3.63, 3.8) is 0 Å². The second-order valence-electron chi connectivity index (χ2n) is 4.53. The number of hydrogen-bond donors (Lipinski definition) is 2. The molecule has 0 radical (unpaired) electrons. The van der Waals surface area contributed by atoms with E-state index in [1.165, 1.54) is 18.1 Å². The number of imidazole rings is 1. The normalized spacial score (nSPS) is 13.4. The van der Waals surface area contributed by atoms with Crippen LogP contribution < -0.4 is 5.32 Å². The first-order valence-corrected chi connectivity index (χ1v) is 6.46. The van der Waals surface area contributed by atoms with Crippen LogP contribution >= 0.6 is 0 Å². The van der Waals surface area contributed by atoms with Crippen molar-refractivity contribution in [3.8, 4) is 0 Å². The van der Waals surface area contributed by atoms with Crippen molar-refractivity contribution in [1.82, 2.24) is 25.1 Å². The Morgan fingerprint density at radius 1 is 1.52 bits per heavy atom. The quantitative estimate of drug-likeness (QED) is 0.733. The summed E-state index contributed by atoms with van der Waals surface area (Å²) < 4.78 is 6.24. The molecule has 8 heteroatoms. The van der Waals surface area contributed by atoms with Crippen LogP contribution in [0.25, 0.3) is 0 Å². The summed E-state index contributed by atoms with van der Waals surface area (Å²) in [5.74, 6) is -0.820. The Morgan fingerprint density at radius 2 is 2.33 bits per heavy atom. The summed E-state index contributed by atoms with van der Waals surface area (Å²) in [6, 6.07) is 0.432. The number of rotatable bonds is 6. The van der Waals surface area contributed by atoms with Crippen LogP contribution in [0.5, 0.6) is 0 Å². The van der Waals surface area contributed by atoms with Crippen LogP contribution in [0.2, 0.25) is 0 Å². The summed E-state index contributed by atoms with van der Waals surface area (Å²) in [6.07, 6.45) is 6.67. The average molecular weight is 291 g/mol. The standard InChI is InChI=1S/C13H17N5O3/c1-9(18-5-3-4-16-18)12(19)17-11(13(20)21-2)6-10-7-14-8-15-10/h3-5,7-9,11H,6H2,1-2H3,(H,14,15)(H,17,19)/t9?,11-/m0/s1. The van der Waals surface area contributed by atoms with Gasteiger partial charge in [0.05, 0.1) is 13.4 Å². The molecule has 0 aliphatic carbocycles. The molecule has 112 valence electrons. The van der Waals surface area contributed by atoms with Crippen LogP contribution in [0.3, 0.4) is 0 Å². The summed E-state index contributed by atoms with van der Waals surface area (Å²) in [4.78, 5) is 30.8. The Balaban J connectivity index is 2.04. The third kappa shape index (κ3) is 3.68. The Labute approximate surface area is 121 Å². The van der Waals surface area contributed by atoms with Crippen molar-refractivity contribution < 1.29 is 14.3 Å². The van der Waals surface area contributed by atoms with E-state index in [1.807, 2.05) is 0 Å². The lowest BCUT2D eigenvalue weighted by Crippen LogP contribution is -2.45. The van der Waals surface area contributed by atoms with Crippen molar-refractivity contribution in [2.75, 3.05) is 7.11 Å². The van der Waals surface area contributed by atoms with E-state index in [2.05, 4.69) is 20.4 Å². The van der Waals surface area contributed by atoms with Gasteiger partial charge in [0.15, 0.2) is 0 Å². The lowest BCUT2D eigenvalue weighted by atomic mass is 10.1. The van der Waals surface area contributed by atoms with Crippen molar-refractivity contribution in [1.29, 1.82) is 0 Å². The third-order valence-electron chi connectivity index (χ3n) is 3.08. The maximum Gasteiger partial charge on any atom is 0.328 e. The first-order chi connectivity index (χ1) is 10.1. The summed E-state index contributed by atoms with van der Waals surface area (Å²) in [5.41, 5.74) is 0.734. The van der Waals surface area contributed by atoms with Gasteiger partial charge in [0.1, 0.15) is 12.1 Å². The molecule has 2 aromatic heterocycles. The van der Waals surface area contributed by atoms with E-state index in [1.54, 1.807) is 31.6 Å². The molecule has 0 spiro atoms. The molecule has 1 unspecified atom stereocenters. The lowest BCUT2D eigenvalue weighted by Gasteiger charge is -2.19. The molecule has 8 nitrogen and oxygen atoms in total. The number of H-pyrrole nitrogens is 1. The number of nitrogens with one attached hydrogen (secondary N) is 2. The molecule has 0 bridgehead atoms. The zero-order valence-electron chi connectivity index (χ0n) is 11.8. The molecule has 2 atom stereocenters. The van der Waals surface area contributed by atoms with Crippen LogP contribution in [0.4, 0.5) is 0 Å². The third-order valence-corrected chi connectivity index (χ3v) is 3.08. The fraction of sp³-hybridized carbons (Fsp3) is 0.385. The predicted molar refractivity (Wildman–Crippen MR) is 73.2 cm³/mol. The Bertz CT molecular complexity index is 579. The highest BCUT2D eigenvalue weighted by Gasteiger charge is 2.25. The van der Waals surface area contributed by atoms with Gasteiger partial charge in [-0.1, -0.05) is 0 Å². The number of methoxy groups -OCH3 is 1. The van der Waals surface area contributed by atoms with Crippen LogP contribution in [0, 0.1) is 0 Å². The number of amides is 1. The summed E-state index contributed by atoms with van der Waals surface area (Å²) in [7, 11) is 1.28. The molecular weight excluding hydrogens is 274 g/mol. The first kappa shape index (κ1) is 14.8. The Morgan fingerprint density at radius 3 is 2.90 bits per heavy atom. The second kappa shape index (κ2) is 6.69. The van der Waals surface area contributed by atoms with E-state index < -0.39 is 18.1 Å². The van der Waals surface area contributed by atoms with Gasteiger partial charge in [0.2, 0.25) is 5.91 Å². The number of ether oxygens (including phenoxy) is 1. The number of esters is 1. The largest absolute Gasteiger partial charge is 0.467 e. The molecule has 0 aromatic carbocycles. The van der Waals surface area contributed by atoms with Gasteiger partial charge in [0.25, 0.3) is 0 Å². The number of carbonyl (C=O) groups is 2. The molecule has 0 saturated heterocycles. The van der Waals surface area contributed by atoms with Crippen LogP contribution in [-0.2, 0) is 20.7 Å². The van der Waals surface area contributed by atoms with E-state index in [9.17, 15) is 9.59 Å². The van der Waals surface area contributed by atoms with E-state index in [-0.39, 0.29) is 12.3 Å². The van der Waals surface area contributed by atoms with Gasteiger partial charge in [-0.25, -0.2) is 9.78 Å². The molecule has 2 aromatic rings. The van der Waals surface area contributed by atoms with Crippen molar-refractivity contribution in [2.24, 2.45) is 0 Å². The average Bonchev–Trinajstić information content (AvgIpc) is 3.17. The van der Waals surface area contributed by atoms with Crippen molar-refractivity contribution >= 4 is 11.9 Å². The number of carbonyl (C=O) groups excluding carboxylic acids is 2. The highest BCUT2D eigenvalue weighted by atomic mass is 16.5. The number of hydrogen-bond acceptors (Lipinski definition) is 5. The topological polar surface area (TPSA) is 102 Å². The zero-order valence-corrected chi connectivity index (χ0v) is 11.8. The van der Waals surface area contributed by atoms with Crippen molar-refractivity contribution in [3.05, 3.63) is 36.7 Å². The highest BCUT2D eigenvalue weighted by Crippen LogP contribution is 2.06. The first-order valence-electron chi connectivity index (χ1n) is 6.46. The number of aromatic amines is 1. The monoisotopic (exact) mass is 291 g/mol. The van der Waals surface area contributed by atoms with Gasteiger partial charge in [-0.3, -0.25) is 9.48 Å². The number of aromatic nitrogens is 4. The minimum Gasteiger partial charge on any atom is -0.467 e. The summed E-state index contributed by atoms with van der Waals surface area (Å²) in [5, 5.41) is 6.68. The van der Waals surface area contributed by atoms with Gasteiger partial charge in [-0.15, -0.1) is 0 Å². The smallest absolute Gasteiger partial charge is 0.328 e.